The highest BCUT2D eigenvalue weighted by atomic mass is 16.6. The maximum atomic E-state index is 13.8. The minimum absolute atomic E-state index is 0.126. The van der Waals surface area contributed by atoms with Crippen molar-refractivity contribution in [3.63, 3.8) is 0 Å². The fraction of sp³-hybridized carbons (Fsp3) is 0.560. The molecular weight excluding hydrogens is 408 g/mol. The van der Waals surface area contributed by atoms with E-state index in [4.69, 9.17) is 9.47 Å². The van der Waals surface area contributed by atoms with Crippen molar-refractivity contribution in [2.75, 3.05) is 19.6 Å². The maximum absolute atomic E-state index is 13.8. The molecule has 3 aliphatic rings. The van der Waals surface area contributed by atoms with Gasteiger partial charge < -0.3 is 14.4 Å². The zero-order valence-electron chi connectivity index (χ0n) is 19.7. The molecule has 1 aliphatic carbocycles. The highest BCUT2D eigenvalue weighted by Crippen LogP contribution is 2.47. The first-order valence-corrected chi connectivity index (χ1v) is 11.3. The molecule has 7 nitrogen and oxygen atoms in total. The maximum Gasteiger partial charge on any atom is 0.410 e. The number of carbonyl (C=O) groups is 3. The lowest BCUT2D eigenvalue weighted by atomic mass is 9.64. The van der Waals surface area contributed by atoms with Crippen LogP contribution in [0.3, 0.4) is 0 Å². The Morgan fingerprint density at radius 2 is 1.75 bits per heavy atom. The molecule has 2 bridgehead atoms. The lowest BCUT2D eigenvalue weighted by Crippen LogP contribution is -2.67. The van der Waals surface area contributed by atoms with Gasteiger partial charge in [0, 0.05) is 19.6 Å². The molecule has 0 unspecified atom stereocenters. The van der Waals surface area contributed by atoms with Gasteiger partial charge in [-0.1, -0.05) is 42.5 Å². The topological polar surface area (TPSA) is 76.2 Å². The summed E-state index contributed by atoms with van der Waals surface area (Å²) in [6.07, 6.45) is 3.57. The van der Waals surface area contributed by atoms with E-state index in [1.807, 2.05) is 50.3 Å². The molecule has 2 amide bonds. The van der Waals surface area contributed by atoms with Gasteiger partial charge in [0.05, 0.1) is 6.04 Å². The molecule has 7 heteroatoms. The second kappa shape index (κ2) is 9.35. The van der Waals surface area contributed by atoms with Crippen LogP contribution in [0.4, 0.5) is 4.79 Å². The number of carbonyl (C=O) groups excluding carboxylic acids is 3. The van der Waals surface area contributed by atoms with Gasteiger partial charge in [-0.25, -0.2) is 4.79 Å². The molecule has 3 atom stereocenters. The summed E-state index contributed by atoms with van der Waals surface area (Å²) in [5.74, 6) is -1.00. The molecule has 1 saturated heterocycles. The van der Waals surface area contributed by atoms with Crippen LogP contribution in [0, 0.1) is 11.3 Å². The van der Waals surface area contributed by atoms with Gasteiger partial charge in [0.2, 0.25) is 5.91 Å². The average Bonchev–Trinajstić information content (AvgIpc) is 2.77. The Bertz CT molecular complexity index is 872. The smallest absolute Gasteiger partial charge is 0.410 e. The van der Waals surface area contributed by atoms with Crippen LogP contribution in [0.1, 0.15) is 46.6 Å². The molecule has 0 saturated carbocycles. The molecule has 4 rings (SSSR count). The number of esters is 1. The second-order valence-corrected chi connectivity index (χ2v) is 9.44. The van der Waals surface area contributed by atoms with E-state index >= 15 is 0 Å². The third-order valence-corrected chi connectivity index (χ3v) is 6.06. The van der Waals surface area contributed by atoms with Crippen molar-refractivity contribution in [3.8, 4) is 0 Å². The molecule has 0 radical (unpaired) electrons. The number of hydrogen-bond acceptors (Lipinski definition) is 5. The fourth-order valence-electron chi connectivity index (χ4n) is 4.55. The van der Waals surface area contributed by atoms with E-state index in [2.05, 4.69) is 0 Å². The third kappa shape index (κ3) is 4.66. The number of nitrogens with zero attached hydrogens (tertiary/aromatic N) is 2. The Morgan fingerprint density at radius 1 is 1.09 bits per heavy atom. The van der Waals surface area contributed by atoms with E-state index in [9.17, 15) is 14.4 Å². The van der Waals surface area contributed by atoms with E-state index < -0.39 is 29.1 Å². The lowest BCUT2D eigenvalue weighted by Gasteiger charge is -2.52. The first-order chi connectivity index (χ1) is 15.1. The summed E-state index contributed by atoms with van der Waals surface area (Å²) in [4.78, 5) is 43.6. The summed E-state index contributed by atoms with van der Waals surface area (Å²) in [5.41, 5.74) is -1.37. The first-order valence-electron chi connectivity index (χ1n) is 11.3. The van der Waals surface area contributed by atoms with Crippen LogP contribution in [-0.2, 0) is 25.7 Å². The van der Waals surface area contributed by atoms with E-state index in [0.29, 0.717) is 26.1 Å². The molecule has 1 aromatic carbocycles. The summed E-state index contributed by atoms with van der Waals surface area (Å²) in [5, 5.41) is 0. The Kier molecular flexibility index (Phi) is 6.96. The van der Waals surface area contributed by atoms with Crippen molar-refractivity contribution in [1.82, 2.24) is 9.80 Å². The molecule has 0 N–H and O–H groups in total. The summed E-state index contributed by atoms with van der Waals surface area (Å²) in [6, 6.07) is 8.66. The number of piperidine rings is 1. The number of amides is 2. The van der Waals surface area contributed by atoms with E-state index in [1.54, 1.807) is 31.7 Å². The zero-order valence-corrected chi connectivity index (χ0v) is 19.7. The monoisotopic (exact) mass is 442 g/mol. The van der Waals surface area contributed by atoms with Gasteiger partial charge in [0.15, 0.2) is 5.41 Å². The molecule has 2 heterocycles. The third-order valence-electron chi connectivity index (χ3n) is 6.06. The Balaban J connectivity index is 1.92. The van der Waals surface area contributed by atoms with E-state index in [0.717, 1.165) is 5.56 Å². The normalized spacial score (nSPS) is 24.2. The van der Waals surface area contributed by atoms with Crippen LogP contribution in [0.5, 0.6) is 0 Å². The van der Waals surface area contributed by atoms with Crippen LogP contribution in [0.15, 0.2) is 42.5 Å². The summed E-state index contributed by atoms with van der Waals surface area (Å²) in [6.45, 7) is 10.6. The Morgan fingerprint density at radius 3 is 2.31 bits per heavy atom. The number of hydrogen-bond donors (Lipinski definition) is 0. The largest absolute Gasteiger partial charge is 0.459 e. The van der Waals surface area contributed by atoms with Crippen molar-refractivity contribution in [2.24, 2.45) is 11.3 Å². The van der Waals surface area contributed by atoms with Crippen LogP contribution in [0.2, 0.25) is 0 Å². The minimum atomic E-state index is -1.48. The standard InChI is InChI=1S/C25H34N2O5/c1-6-26(7-2)21(28)25(22(29)32-24(3,4)5)15-19-13-14-20(25)27(16-19)23(30)31-17-18-11-9-8-10-12-18/h8-14,19-20H,6-7,15-17H2,1-5H3/t19-,20+,25+/m0/s1. The molecular formula is C25H34N2O5. The number of fused-ring (bicyclic) bond motifs is 2. The number of rotatable bonds is 6. The van der Waals surface area contributed by atoms with Gasteiger partial charge in [0.25, 0.3) is 0 Å². The molecule has 1 fully saturated rings. The van der Waals surface area contributed by atoms with Gasteiger partial charge in [0.1, 0.15) is 12.2 Å². The summed E-state index contributed by atoms with van der Waals surface area (Å²) in [7, 11) is 0. The highest BCUT2D eigenvalue weighted by Gasteiger charge is 2.62. The molecule has 0 aromatic heterocycles. The molecule has 0 spiro atoms. The minimum Gasteiger partial charge on any atom is -0.459 e. The fourth-order valence-corrected chi connectivity index (χ4v) is 4.55. The predicted molar refractivity (Wildman–Crippen MR) is 121 cm³/mol. The van der Waals surface area contributed by atoms with Gasteiger partial charge in [-0.05, 0) is 52.5 Å². The Labute approximate surface area is 190 Å². The van der Waals surface area contributed by atoms with Crippen LogP contribution in [-0.4, -0.2) is 59.0 Å². The summed E-state index contributed by atoms with van der Waals surface area (Å²) < 4.78 is 11.3. The van der Waals surface area contributed by atoms with Gasteiger partial charge in [-0.2, -0.15) is 0 Å². The van der Waals surface area contributed by atoms with Crippen LogP contribution >= 0.6 is 0 Å². The molecule has 1 aromatic rings. The number of benzene rings is 1. The predicted octanol–water partition coefficient (Wildman–Crippen LogP) is 3.78. The van der Waals surface area contributed by atoms with Crippen molar-refractivity contribution >= 4 is 18.0 Å². The van der Waals surface area contributed by atoms with Gasteiger partial charge >= 0.3 is 12.1 Å². The zero-order chi connectivity index (χ0) is 23.5. The average molecular weight is 443 g/mol. The Hall–Kier alpha value is -2.83. The lowest BCUT2D eigenvalue weighted by molar-refractivity contribution is -0.182. The van der Waals surface area contributed by atoms with Gasteiger partial charge in [-0.3, -0.25) is 14.5 Å². The summed E-state index contributed by atoms with van der Waals surface area (Å²) >= 11 is 0. The van der Waals surface area contributed by atoms with Crippen molar-refractivity contribution < 1.29 is 23.9 Å². The van der Waals surface area contributed by atoms with Crippen molar-refractivity contribution in [3.05, 3.63) is 48.0 Å². The number of ether oxygens (including phenoxy) is 2. The second-order valence-electron chi connectivity index (χ2n) is 9.44. The van der Waals surface area contributed by atoms with Crippen LogP contribution < -0.4 is 0 Å². The molecule has 32 heavy (non-hydrogen) atoms. The van der Waals surface area contributed by atoms with Crippen LogP contribution in [0.25, 0.3) is 0 Å². The van der Waals surface area contributed by atoms with Crippen molar-refractivity contribution in [2.45, 2.75) is 59.3 Å². The van der Waals surface area contributed by atoms with E-state index in [1.165, 1.54) is 4.90 Å². The van der Waals surface area contributed by atoms with Crippen molar-refractivity contribution in [1.29, 1.82) is 0 Å². The quantitative estimate of drug-likeness (QED) is 0.381. The van der Waals surface area contributed by atoms with Gasteiger partial charge in [-0.15, -0.1) is 0 Å². The SMILES string of the molecule is CCN(CC)C(=O)[C@@]1(C(=O)OC(C)(C)C)C[C@@H]2C=C[C@H]1N(C(=O)OCc1ccccc1)C2. The first kappa shape index (κ1) is 23.8. The van der Waals surface area contributed by atoms with E-state index in [-0.39, 0.29) is 18.4 Å². The molecule has 2 aliphatic heterocycles. The molecule has 174 valence electrons. The highest BCUT2D eigenvalue weighted by molar-refractivity contribution is 6.05.